The lowest BCUT2D eigenvalue weighted by Crippen LogP contribution is -2.39. The first-order valence-corrected chi connectivity index (χ1v) is 5.24. The van der Waals surface area contributed by atoms with E-state index in [1.165, 1.54) is 0 Å². The van der Waals surface area contributed by atoms with Crippen LogP contribution in [0.1, 0.15) is 18.9 Å². The van der Waals surface area contributed by atoms with E-state index in [2.05, 4.69) is 17.2 Å². The highest BCUT2D eigenvalue weighted by Crippen LogP contribution is 1.95. The number of benzene rings is 1. The Hall–Kier alpha value is -2.28. The molecule has 0 radical (unpaired) electrons. The van der Waals surface area contributed by atoms with Crippen molar-refractivity contribution in [2.75, 3.05) is 0 Å². The van der Waals surface area contributed by atoms with Gasteiger partial charge < -0.3 is 10.4 Å². The minimum absolute atomic E-state index is 0.327. The Kier molecular flexibility index (Phi) is 4.77. The summed E-state index contributed by atoms with van der Waals surface area (Å²) in [6.45, 7) is 1.68. The van der Waals surface area contributed by atoms with Gasteiger partial charge in [-0.1, -0.05) is 31.0 Å². The first-order valence-electron chi connectivity index (χ1n) is 5.24. The van der Waals surface area contributed by atoms with Crippen molar-refractivity contribution in [1.29, 1.82) is 0 Å². The summed E-state index contributed by atoms with van der Waals surface area (Å²) in [4.78, 5) is 22.0. The zero-order chi connectivity index (χ0) is 12.7. The average Bonchev–Trinajstić information content (AvgIpc) is 2.34. The highest BCUT2D eigenvalue weighted by atomic mass is 16.4. The number of carbonyl (C=O) groups excluding carboxylic acids is 1. The van der Waals surface area contributed by atoms with Crippen LogP contribution in [-0.2, 0) is 9.59 Å². The normalized spacial score (nSPS) is 10.9. The average molecular weight is 231 g/mol. The van der Waals surface area contributed by atoms with E-state index in [0.717, 1.165) is 0 Å². The van der Waals surface area contributed by atoms with E-state index in [9.17, 15) is 9.59 Å². The topological polar surface area (TPSA) is 66.4 Å². The lowest BCUT2D eigenvalue weighted by Gasteiger charge is -2.08. The van der Waals surface area contributed by atoms with E-state index in [0.29, 0.717) is 12.0 Å². The van der Waals surface area contributed by atoms with E-state index in [-0.39, 0.29) is 0 Å². The first-order chi connectivity index (χ1) is 8.13. The molecule has 4 heteroatoms. The number of hydrogen-bond acceptors (Lipinski definition) is 2. The van der Waals surface area contributed by atoms with Crippen LogP contribution >= 0.6 is 0 Å². The van der Waals surface area contributed by atoms with Gasteiger partial charge in [-0.15, -0.1) is 0 Å². The molecule has 0 aliphatic heterocycles. The Balaban J connectivity index is 2.62. The first kappa shape index (κ1) is 12.8. The molecule has 0 aliphatic carbocycles. The zero-order valence-corrected chi connectivity index (χ0v) is 9.43. The van der Waals surface area contributed by atoms with Crippen LogP contribution in [0.25, 0.3) is 0 Å². The van der Waals surface area contributed by atoms with Crippen molar-refractivity contribution in [2.24, 2.45) is 0 Å². The number of amides is 1. The number of carboxylic acids is 1. The minimum Gasteiger partial charge on any atom is -0.480 e. The van der Waals surface area contributed by atoms with Crippen LogP contribution in [0, 0.1) is 11.8 Å². The molecule has 0 unspecified atom stereocenters. The van der Waals surface area contributed by atoms with Crippen LogP contribution in [0.5, 0.6) is 0 Å². The second kappa shape index (κ2) is 6.33. The van der Waals surface area contributed by atoms with Gasteiger partial charge in [0, 0.05) is 11.5 Å². The van der Waals surface area contributed by atoms with E-state index >= 15 is 0 Å². The van der Waals surface area contributed by atoms with E-state index in [1.54, 1.807) is 19.1 Å². The maximum atomic E-state index is 11.3. The molecular weight excluding hydrogens is 218 g/mol. The Morgan fingerprint density at radius 3 is 2.53 bits per heavy atom. The summed E-state index contributed by atoms with van der Waals surface area (Å²) in [5, 5.41) is 11.1. The van der Waals surface area contributed by atoms with Gasteiger partial charge in [0.25, 0.3) is 5.91 Å². The smallest absolute Gasteiger partial charge is 0.326 e. The highest BCUT2D eigenvalue weighted by Gasteiger charge is 2.15. The molecule has 1 aromatic carbocycles. The van der Waals surface area contributed by atoms with E-state index < -0.39 is 17.9 Å². The molecule has 0 aliphatic rings. The minimum atomic E-state index is -1.05. The fourth-order valence-electron chi connectivity index (χ4n) is 1.18. The maximum absolute atomic E-state index is 11.3. The van der Waals surface area contributed by atoms with Crippen molar-refractivity contribution in [1.82, 2.24) is 5.32 Å². The second-order valence-electron chi connectivity index (χ2n) is 3.39. The largest absolute Gasteiger partial charge is 0.480 e. The van der Waals surface area contributed by atoms with Gasteiger partial charge in [0.1, 0.15) is 6.04 Å². The summed E-state index contributed by atoms with van der Waals surface area (Å²) in [5.74, 6) is 3.38. The third kappa shape index (κ3) is 4.39. The van der Waals surface area contributed by atoms with Gasteiger partial charge in [-0.2, -0.15) is 0 Å². The van der Waals surface area contributed by atoms with Crippen molar-refractivity contribution < 1.29 is 14.7 Å². The molecule has 1 atom stereocenters. The second-order valence-corrected chi connectivity index (χ2v) is 3.39. The maximum Gasteiger partial charge on any atom is 0.326 e. The highest BCUT2D eigenvalue weighted by molar-refractivity contribution is 5.96. The molecule has 17 heavy (non-hydrogen) atoms. The lowest BCUT2D eigenvalue weighted by atomic mass is 10.2. The van der Waals surface area contributed by atoms with E-state index in [1.807, 2.05) is 18.2 Å². The van der Waals surface area contributed by atoms with Gasteiger partial charge in [-0.3, -0.25) is 4.79 Å². The van der Waals surface area contributed by atoms with Crippen molar-refractivity contribution in [3.05, 3.63) is 35.9 Å². The quantitative estimate of drug-likeness (QED) is 0.763. The number of rotatable bonds is 3. The summed E-state index contributed by atoms with van der Waals surface area (Å²) in [7, 11) is 0. The molecule has 0 aromatic heterocycles. The van der Waals surface area contributed by atoms with Crippen molar-refractivity contribution >= 4 is 11.9 Å². The van der Waals surface area contributed by atoms with Gasteiger partial charge in [0.2, 0.25) is 0 Å². The monoisotopic (exact) mass is 231 g/mol. The van der Waals surface area contributed by atoms with Crippen LogP contribution in [0.3, 0.4) is 0 Å². The lowest BCUT2D eigenvalue weighted by molar-refractivity contribution is -0.141. The summed E-state index contributed by atoms with van der Waals surface area (Å²) >= 11 is 0. The molecule has 1 rings (SSSR count). The predicted molar refractivity (Wildman–Crippen MR) is 63.2 cm³/mol. The molecule has 2 N–H and O–H groups in total. The van der Waals surface area contributed by atoms with Gasteiger partial charge in [0.05, 0.1) is 0 Å². The summed E-state index contributed by atoms with van der Waals surface area (Å²) in [6.07, 6.45) is 0.327. The van der Waals surface area contributed by atoms with Crippen LogP contribution in [0.15, 0.2) is 30.3 Å². The zero-order valence-electron chi connectivity index (χ0n) is 9.43. The number of carbonyl (C=O) groups is 2. The molecular formula is C13H13NO3. The molecule has 1 amide bonds. The molecule has 0 saturated heterocycles. The predicted octanol–water partition coefficient (Wildman–Crippen LogP) is 1.02. The molecule has 0 bridgehead atoms. The van der Waals surface area contributed by atoms with E-state index in [4.69, 9.17) is 5.11 Å². The number of aliphatic carboxylic acids is 1. The third-order valence-electron chi connectivity index (χ3n) is 2.11. The van der Waals surface area contributed by atoms with Crippen molar-refractivity contribution in [3.8, 4) is 11.8 Å². The standard InChI is InChI=1S/C13H13NO3/c1-2-11(13(16)17)14-12(15)9-8-10-6-4-3-5-7-10/h3-7,11H,2H2,1H3,(H,14,15)(H,16,17)/t11-/m1/s1. The number of hydrogen-bond donors (Lipinski definition) is 2. The SMILES string of the molecule is CC[C@@H](NC(=O)C#Cc1ccccc1)C(=O)O. The molecule has 0 saturated carbocycles. The third-order valence-corrected chi connectivity index (χ3v) is 2.11. The van der Waals surface area contributed by atoms with Crippen LogP contribution in [0.4, 0.5) is 0 Å². The van der Waals surface area contributed by atoms with Crippen LogP contribution in [-0.4, -0.2) is 23.0 Å². The summed E-state index contributed by atoms with van der Waals surface area (Å²) in [6, 6.07) is 8.14. The fraction of sp³-hybridized carbons (Fsp3) is 0.231. The fourth-order valence-corrected chi connectivity index (χ4v) is 1.18. The molecule has 0 spiro atoms. The van der Waals surface area contributed by atoms with Gasteiger partial charge in [-0.25, -0.2) is 4.79 Å². The van der Waals surface area contributed by atoms with Crippen LogP contribution in [0.2, 0.25) is 0 Å². The molecule has 1 aromatic rings. The molecule has 0 heterocycles. The Labute approximate surface area is 99.7 Å². The Morgan fingerprint density at radius 1 is 1.35 bits per heavy atom. The Bertz CT molecular complexity index is 457. The summed E-state index contributed by atoms with van der Waals surface area (Å²) < 4.78 is 0. The molecule has 0 fully saturated rings. The molecule has 4 nitrogen and oxygen atoms in total. The van der Waals surface area contributed by atoms with Gasteiger partial charge in [0.15, 0.2) is 0 Å². The van der Waals surface area contributed by atoms with Crippen LogP contribution < -0.4 is 5.32 Å². The van der Waals surface area contributed by atoms with Gasteiger partial charge in [-0.05, 0) is 18.6 Å². The van der Waals surface area contributed by atoms with Crippen molar-refractivity contribution in [3.63, 3.8) is 0 Å². The summed E-state index contributed by atoms with van der Waals surface area (Å²) in [5.41, 5.74) is 0.714. The van der Waals surface area contributed by atoms with Gasteiger partial charge >= 0.3 is 5.97 Å². The number of carboxylic acid groups (broad SMARTS) is 1. The molecule has 88 valence electrons. The Morgan fingerprint density at radius 2 is 2.00 bits per heavy atom. The van der Waals surface area contributed by atoms with Crippen molar-refractivity contribution in [2.45, 2.75) is 19.4 Å². The number of nitrogens with one attached hydrogen (secondary N) is 1.